The van der Waals surface area contributed by atoms with E-state index < -0.39 is 23.6 Å². The van der Waals surface area contributed by atoms with Gasteiger partial charge in [-0.1, -0.05) is 13.3 Å². The van der Waals surface area contributed by atoms with Gasteiger partial charge in [-0.05, 0) is 18.6 Å². The molecular weight excluding hydrogens is 235 g/mol. The van der Waals surface area contributed by atoms with Gasteiger partial charge in [0.25, 0.3) is 0 Å². The van der Waals surface area contributed by atoms with Gasteiger partial charge >= 0.3 is 12.1 Å². The van der Waals surface area contributed by atoms with Gasteiger partial charge < -0.3 is 5.11 Å². The molecule has 0 fully saturated rings. The van der Waals surface area contributed by atoms with Crippen LogP contribution in [0, 0.1) is 0 Å². The lowest BCUT2D eigenvalue weighted by molar-refractivity contribution is -0.139. The summed E-state index contributed by atoms with van der Waals surface area (Å²) in [5, 5.41) is 8.92. The highest BCUT2D eigenvalue weighted by molar-refractivity contribution is 5.75. The lowest BCUT2D eigenvalue weighted by atomic mass is 9.99. The first-order valence-corrected chi connectivity index (χ1v) is 5.12. The molecule has 1 heterocycles. The Kier molecular flexibility index (Phi) is 4.09. The number of hydrogen-bond donors (Lipinski definition) is 1. The van der Waals surface area contributed by atoms with Crippen LogP contribution in [0.4, 0.5) is 13.2 Å². The van der Waals surface area contributed by atoms with Crippen LogP contribution in [0.2, 0.25) is 0 Å². The largest absolute Gasteiger partial charge is 0.481 e. The number of pyridine rings is 1. The van der Waals surface area contributed by atoms with Gasteiger partial charge in [0.1, 0.15) is 0 Å². The quantitative estimate of drug-likeness (QED) is 0.889. The van der Waals surface area contributed by atoms with E-state index in [1.807, 2.05) is 0 Å². The summed E-state index contributed by atoms with van der Waals surface area (Å²) in [7, 11) is 0. The third-order valence-corrected chi connectivity index (χ3v) is 2.35. The van der Waals surface area contributed by atoms with Crippen LogP contribution in [-0.4, -0.2) is 16.1 Å². The van der Waals surface area contributed by atoms with Gasteiger partial charge in [-0.3, -0.25) is 9.78 Å². The molecule has 1 aromatic heterocycles. The number of hydrogen-bond acceptors (Lipinski definition) is 2. The smallest absolute Gasteiger partial charge is 0.417 e. The summed E-state index contributed by atoms with van der Waals surface area (Å²) in [6, 6.07) is 1.98. The summed E-state index contributed by atoms with van der Waals surface area (Å²) < 4.78 is 36.8. The minimum absolute atomic E-state index is 0.160. The number of carboxylic acids is 1. The molecule has 17 heavy (non-hydrogen) atoms. The molecule has 0 aromatic carbocycles. The maximum absolute atomic E-state index is 12.3. The number of halogens is 3. The van der Waals surface area contributed by atoms with E-state index in [0.717, 1.165) is 12.1 Å². The van der Waals surface area contributed by atoms with Crippen LogP contribution in [-0.2, 0) is 11.0 Å². The molecule has 6 heteroatoms. The first kappa shape index (κ1) is 13.5. The Morgan fingerprint density at radius 3 is 2.47 bits per heavy atom. The minimum Gasteiger partial charge on any atom is -0.481 e. The van der Waals surface area contributed by atoms with Crippen LogP contribution in [0.25, 0.3) is 0 Å². The predicted molar refractivity (Wildman–Crippen MR) is 54.5 cm³/mol. The molecule has 94 valence electrons. The van der Waals surface area contributed by atoms with Crippen molar-refractivity contribution in [2.24, 2.45) is 0 Å². The van der Waals surface area contributed by atoms with Crippen molar-refractivity contribution in [1.29, 1.82) is 0 Å². The molecule has 3 nitrogen and oxygen atoms in total. The van der Waals surface area contributed by atoms with E-state index in [0.29, 0.717) is 19.0 Å². The lowest BCUT2D eigenvalue weighted by Crippen LogP contribution is -2.14. The summed E-state index contributed by atoms with van der Waals surface area (Å²) in [6.07, 6.45) is -2.80. The SMILES string of the molecule is CCCC(C(=O)O)c1ccc(C(F)(F)F)cn1. The van der Waals surface area contributed by atoms with Gasteiger partial charge in [-0.25, -0.2) is 0 Å². The van der Waals surface area contributed by atoms with E-state index in [9.17, 15) is 18.0 Å². The highest BCUT2D eigenvalue weighted by Crippen LogP contribution is 2.29. The molecule has 1 atom stereocenters. The average molecular weight is 247 g/mol. The maximum Gasteiger partial charge on any atom is 0.417 e. The molecule has 1 aromatic rings. The second kappa shape index (κ2) is 5.16. The molecule has 0 aliphatic rings. The molecule has 0 radical (unpaired) electrons. The van der Waals surface area contributed by atoms with Crippen LogP contribution >= 0.6 is 0 Å². The maximum atomic E-state index is 12.3. The second-order valence-corrected chi connectivity index (χ2v) is 3.65. The number of nitrogens with zero attached hydrogens (tertiary/aromatic N) is 1. The topological polar surface area (TPSA) is 50.2 Å². The zero-order chi connectivity index (χ0) is 13.1. The first-order chi connectivity index (χ1) is 7.86. The third-order valence-electron chi connectivity index (χ3n) is 2.35. The molecular formula is C11H12F3NO2. The Hall–Kier alpha value is -1.59. The van der Waals surface area contributed by atoms with Gasteiger partial charge in [0, 0.05) is 6.20 Å². The Morgan fingerprint density at radius 2 is 2.12 bits per heavy atom. The monoisotopic (exact) mass is 247 g/mol. The van der Waals surface area contributed by atoms with E-state index in [4.69, 9.17) is 5.11 Å². The van der Waals surface area contributed by atoms with Gasteiger partial charge in [0.2, 0.25) is 0 Å². The standard InChI is InChI=1S/C11H12F3NO2/c1-2-3-8(10(16)17)9-5-4-7(6-15-9)11(12,13)14/h4-6,8H,2-3H2,1H3,(H,16,17). The molecule has 0 spiro atoms. The highest BCUT2D eigenvalue weighted by atomic mass is 19.4. The first-order valence-electron chi connectivity index (χ1n) is 5.12. The Balaban J connectivity index is 2.96. The van der Waals surface area contributed by atoms with Gasteiger partial charge in [0.15, 0.2) is 0 Å². The van der Waals surface area contributed by atoms with Crippen molar-refractivity contribution < 1.29 is 23.1 Å². The summed E-state index contributed by atoms with van der Waals surface area (Å²) >= 11 is 0. The number of rotatable bonds is 4. The fraction of sp³-hybridized carbons (Fsp3) is 0.455. The molecule has 1 rings (SSSR count). The van der Waals surface area contributed by atoms with Crippen molar-refractivity contribution in [3.05, 3.63) is 29.6 Å². The van der Waals surface area contributed by atoms with E-state index >= 15 is 0 Å². The number of aliphatic carboxylic acids is 1. The van der Waals surface area contributed by atoms with Crippen molar-refractivity contribution in [3.63, 3.8) is 0 Å². The van der Waals surface area contributed by atoms with E-state index in [-0.39, 0.29) is 5.69 Å². The number of carboxylic acid groups (broad SMARTS) is 1. The summed E-state index contributed by atoms with van der Waals surface area (Å²) in [5.41, 5.74) is -0.714. The number of aromatic nitrogens is 1. The number of carbonyl (C=O) groups is 1. The fourth-order valence-electron chi connectivity index (χ4n) is 1.47. The van der Waals surface area contributed by atoms with Gasteiger partial charge in [0.05, 0.1) is 17.2 Å². The summed E-state index contributed by atoms with van der Waals surface area (Å²) in [5.74, 6) is -1.92. The van der Waals surface area contributed by atoms with E-state index in [1.54, 1.807) is 6.92 Å². The molecule has 0 saturated carbocycles. The van der Waals surface area contributed by atoms with Crippen LogP contribution in [0.3, 0.4) is 0 Å². The van der Waals surface area contributed by atoms with Crippen molar-refractivity contribution in [3.8, 4) is 0 Å². The van der Waals surface area contributed by atoms with E-state index in [2.05, 4.69) is 4.98 Å². The molecule has 0 saturated heterocycles. The Morgan fingerprint density at radius 1 is 1.47 bits per heavy atom. The zero-order valence-corrected chi connectivity index (χ0v) is 9.16. The molecule has 0 amide bonds. The molecule has 1 unspecified atom stereocenters. The molecule has 0 aliphatic heterocycles. The van der Waals surface area contributed by atoms with Crippen molar-refractivity contribution in [2.75, 3.05) is 0 Å². The summed E-state index contributed by atoms with van der Waals surface area (Å²) in [4.78, 5) is 14.5. The van der Waals surface area contributed by atoms with E-state index in [1.165, 1.54) is 0 Å². The van der Waals surface area contributed by atoms with Crippen molar-refractivity contribution in [2.45, 2.75) is 31.9 Å². The van der Waals surface area contributed by atoms with Gasteiger partial charge in [-0.15, -0.1) is 0 Å². The molecule has 0 bridgehead atoms. The molecule has 0 aliphatic carbocycles. The average Bonchev–Trinajstić information content (AvgIpc) is 2.24. The second-order valence-electron chi connectivity index (χ2n) is 3.65. The van der Waals surface area contributed by atoms with Gasteiger partial charge in [-0.2, -0.15) is 13.2 Å². The Bertz CT molecular complexity index is 387. The van der Waals surface area contributed by atoms with Crippen LogP contribution in [0.5, 0.6) is 0 Å². The van der Waals surface area contributed by atoms with Crippen LogP contribution in [0.1, 0.15) is 36.9 Å². The van der Waals surface area contributed by atoms with Crippen molar-refractivity contribution in [1.82, 2.24) is 4.98 Å². The predicted octanol–water partition coefficient (Wildman–Crippen LogP) is 3.07. The Labute approximate surface area is 96.3 Å². The number of alkyl halides is 3. The third kappa shape index (κ3) is 3.44. The normalized spacial score (nSPS) is 13.4. The van der Waals surface area contributed by atoms with Crippen LogP contribution in [0.15, 0.2) is 18.3 Å². The minimum atomic E-state index is -4.45. The zero-order valence-electron chi connectivity index (χ0n) is 9.16. The molecule has 1 N–H and O–H groups in total. The summed E-state index contributed by atoms with van der Waals surface area (Å²) in [6.45, 7) is 1.81. The van der Waals surface area contributed by atoms with Crippen molar-refractivity contribution >= 4 is 5.97 Å². The highest BCUT2D eigenvalue weighted by Gasteiger charge is 2.31. The lowest BCUT2D eigenvalue weighted by Gasteiger charge is -2.12. The van der Waals surface area contributed by atoms with Crippen LogP contribution < -0.4 is 0 Å². The fourth-order valence-corrected chi connectivity index (χ4v) is 1.47.